The van der Waals surface area contributed by atoms with Crippen LogP contribution < -0.4 is 10.1 Å². The molecule has 0 atom stereocenters. The molecule has 2 N–H and O–H groups in total. The molecule has 0 saturated heterocycles. The normalized spacial score (nSPS) is 10.3. The monoisotopic (exact) mass is 287 g/mol. The van der Waals surface area contributed by atoms with Gasteiger partial charge in [0.25, 0.3) is 5.91 Å². The summed E-state index contributed by atoms with van der Waals surface area (Å²) in [6, 6.07) is 5.47. The molecule has 1 amide bonds. The molecule has 0 fully saturated rings. The van der Waals surface area contributed by atoms with E-state index in [0.29, 0.717) is 19.4 Å². The quantitative estimate of drug-likeness (QED) is 0.719. The molecule has 1 aromatic rings. The number of ether oxygens (including phenoxy) is 1. The van der Waals surface area contributed by atoms with Crippen molar-refractivity contribution in [2.45, 2.75) is 25.9 Å². The molecule has 0 aliphatic carbocycles. The van der Waals surface area contributed by atoms with Crippen molar-refractivity contribution in [2.24, 2.45) is 0 Å². The summed E-state index contributed by atoms with van der Waals surface area (Å²) in [5, 5.41) is 11.0. The number of benzene rings is 1. The summed E-state index contributed by atoms with van der Waals surface area (Å²) in [6.45, 7) is -2.61. The smallest absolute Gasteiger partial charge is 0.387 e. The van der Waals surface area contributed by atoms with Crippen LogP contribution in [-0.4, -0.2) is 30.1 Å². The van der Waals surface area contributed by atoms with Crippen molar-refractivity contribution in [2.75, 3.05) is 6.54 Å². The first-order valence-corrected chi connectivity index (χ1v) is 6.04. The van der Waals surface area contributed by atoms with Crippen molar-refractivity contribution in [1.29, 1.82) is 0 Å². The number of carboxylic acid groups (broad SMARTS) is 1. The maximum absolute atomic E-state index is 12.0. The number of nitrogens with one attached hydrogen (secondary N) is 1. The zero-order valence-corrected chi connectivity index (χ0v) is 10.6. The maximum Gasteiger partial charge on any atom is 0.387 e. The number of carboxylic acids is 1. The van der Waals surface area contributed by atoms with Crippen LogP contribution in [-0.2, 0) is 4.79 Å². The van der Waals surface area contributed by atoms with Crippen LogP contribution in [0.4, 0.5) is 8.78 Å². The summed E-state index contributed by atoms with van der Waals surface area (Å²) in [5.74, 6) is -1.38. The van der Waals surface area contributed by atoms with E-state index in [1.807, 2.05) is 0 Å². The Kier molecular flexibility index (Phi) is 6.42. The highest BCUT2D eigenvalue weighted by Crippen LogP contribution is 2.15. The number of carbonyl (C=O) groups excluding carboxylic acids is 1. The highest BCUT2D eigenvalue weighted by molar-refractivity contribution is 5.94. The topological polar surface area (TPSA) is 75.6 Å². The Labute approximate surface area is 114 Å². The van der Waals surface area contributed by atoms with E-state index in [9.17, 15) is 18.4 Å². The van der Waals surface area contributed by atoms with Gasteiger partial charge in [0.05, 0.1) is 0 Å². The number of carbonyl (C=O) groups is 2. The predicted octanol–water partition coefficient (Wildman–Crippen LogP) is 2.27. The molecule has 1 rings (SSSR count). The Balaban J connectivity index is 2.41. The molecule has 0 heterocycles. The van der Waals surface area contributed by atoms with E-state index in [1.54, 1.807) is 0 Å². The summed E-state index contributed by atoms with van der Waals surface area (Å²) >= 11 is 0. The van der Waals surface area contributed by atoms with E-state index < -0.39 is 18.5 Å². The second-order valence-corrected chi connectivity index (χ2v) is 4.01. The molecule has 20 heavy (non-hydrogen) atoms. The number of hydrogen-bond acceptors (Lipinski definition) is 3. The van der Waals surface area contributed by atoms with Crippen LogP contribution in [0.25, 0.3) is 0 Å². The highest BCUT2D eigenvalue weighted by Gasteiger charge is 2.09. The van der Waals surface area contributed by atoms with E-state index in [0.717, 1.165) is 0 Å². The zero-order valence-electron chi connectivity index (χ0n) is 10.6. The van der Waals surface area contributed by atoms with Gasteiger partial charge in [0.15, 0.2) is 0 Å². The van der Waals surface area contributed by atoms with Crippen molar-refractivity contribution in [3.8, 4) is 5.75 Å². The van der Waals surface area contributed by atoms with E-state index in [4.69, 9.17) is 5.11 Å². The van der Waals surface area contributed by atoms with Crippen molar-refractivity contribution >= 4 is 11.9 Å². The third-order valence-electron chi connectivity index (χ3n) is 2.42. The highest BCUT2D eigenvalue weighted by atomic mass is 19.3. The van der Waals surface area contributed by atoms with Gasteiger partial charge in [-0.25, -0.2) is 0 Å². The average molecular weight is 287 g/mol. The Bertz CT molecular complexity index is 465. The second kappa shape index (κ2) is 8.08. The number of amides is 1. The zero-order chi connectivity index (χ0) is 15.0. The van der Waals surface area contributed by atoms with Crippen molar-refractivity contribution in [3.05, 3.63) is 29.8 Å². The Morgan fingerprint density at radius 2 is 2.05 bits per heavy atom. The van der Waals surface area contributed by atoms with Crippen molar-refractivity contribution in [1.82, 2.24) is 5.32 Å². The largest absolute Gasteiger partial charge is 0.481 e. The van der Waals surface area contributed by atoms with E-state index in [1.165, 1.54) is 24.3 Å². The fourth-order valence-corrected chi connectivity index (χ4v) is 1.52. The molecule has 0 aromatic heterocycles. The third-order valence-corrected chi connectivity index (χ3v) is 2.42. The van der Waals surface area contributed by atoms with Gasteiger partial charge >= 0.3 is 12.6 Å². The van der Waals surface area contributed by atoms with Crippen molar-refractivity contribution in [3.63, 3.8) is 0 Å². The molecule has 0 saturated carbocycles. The molecular weight excluding hydrogens is 272 g/mol. The fraction of sp³-hybridized carbons (Fsp3) is 0.385. The number of aliphatic carboxylic acids is 1. The van der Waals surface area contributed by atoms with Crippen LogP contribution in [0, 0.1) is 0 Å². The Hall–Kier alpha value is -2.18. The van der Waals surface area contributed by atoms with Gasteiger partial charge in [-0.1, -0.05) is 6.07 Å². The van der Waals surface area contributed by atoms with Gasteiger partial charge < -0.3 is 15.2 Å². The standard InChI is InChI=1S/C13H15F2NO4/c14-13(15)20-10-5-3-4-9(8-10)12(19)16-7-2-1-6-11(17)18/h3-5,8,13H,1-2,6-7H2,(H,16,19)(H,17,18). The van der Waals surface area contributed by atoms with Crippen LogP contribution >= 0.6 is 0 Å². The maximum atomic E-state index is 12.0. The van der Waals surface area contributed by atoms with Gasteiger partial charge in [0, 0.05) is 18.5 Å². The van der Waals surface area contributed by atoms with Gasteiger partial charge in [0.2, 0.25) is 0 Å². The second-order valence-electron chi connectivity index (χ2n) is 4.01. The minimum atomic E-state index is -2.94. The van der Waals surface area contributed by atoms with Crippen LogP contribution in [0.3, 0.4) is 0 Å². The van der Waals surface area contributed by atoms with E-state index in [2.05, 4.69) is 10.1 Å². The number of unbranched alkanes of at least 4 members (excludes halogenated alkanes) is 1. The molecule has 0 aliphatic rings. The molecule has 0 radical (unpaired) electrons. The summed E-state index contributed by atoms with van der Waals surface area (Å²) in [4.78, 5) is 22.0. The molecule has 7 heteroatoms. The van der Waals surface area contributed by atoms with Crippen LogP contribution in [0.2, 0.25) is 0 Å². The van der Waals surface area contributed by atoms with E-state index >= 15 is 0 Å². The molecule has 1 aromatic carbocycles. The van der Waals surface area contributed by atoms with Crippen LogP contribution in [0.5, 0.6) is 5.75 Å². The van der Waals surface area contributed by atoms with Gasteiger partial charge in [-0.3, -0.25) is 9.59 Å². The van der Waals surface area contributed by atoms with Gasteiger partial charge in [-0.2, -0.15) is 8.78 Å². The summed E-state index contributed by atoms with van der Waals surface area (Å²) in [5.41, 5.74) is 0.210. The van der Waals surface area contributed by atoms with Gasteiger partial charge in [0.1, 0.15) is 5.75 Å². The van der Waals surface area contributed by atoms with Gasteiger partial charge in [-0.05, 0) is 31.0 Å². The first-order chi connectivity index (χ1) is 9.49. The minimum Gasteiger partial charge on any atom is -0.481 e. The summed E-state index contributed by atoms with van der Waals surface area (Å²) in [6.07, 6.45) is 1.04. The van der Waals surface area contributed by atoms with Crippen molar-refractivity contribution < 1.29 is 28.2 Å². The lowest BCUT2D eigenvalue weighted by molar-refractivity contribution is -0.137. The molecule has 0 unspecified atom stereocenters. The number of alkyl halides is 2. The Morgan fingerprint density at radius 3 is 2.70 bits per heavy atom. The van der Waals surface area contributed by atoms with Crippen LogP contribution in [0.15, 0.2) is 24.3 Å². The van der Waals surface area contributed by atoms with Crippen LogP contribution in [0.1, 0.15) is 29.6 Å². The SMILES string of the molecule is O=C(O)CCCCNC(=O)c1cccc(OC(F)F)c1. The first-order valence-electron chi connectivity index (χ1n) is 6.04. The molecule has 110 valence electrons. The number of hydrogen-bond donors (Lipinski definition) is 2. The average Bonchev–Trinajstić information content (AvgIpc) is 2.37. The molecule has 5 nitrogen and oxygen atoms in total. The van der Waals surface area contributed by atoms with Gasteiger partial charge in [-0.15, -0.1) is 0 Å². The van der Waals surface area contributed by atoms with E-state index in [-0.39, 0.29) is 17.7 Å². The lowest BCUT2D eigenvalue weighted by Gasteiger charge is -2.07. The minimum absolute atomic E-state index is 0.0492. The number of halogens is 2. The summed E-state index contributed by atoms with van der Waals surface area (Å²) < 4.78 is 28.3. The number of rotatable bonds is 8. The third kappa shape index (κ3) is 6.12. The molecular formula is C13H15F2NO4. The molecule has 0 aliphatic heterocycles. The lowest BCUT2D eigenvalue weighted by Crippen LogP contribution is -2.24. The predicted molar refractivity (Wildman–Crippen MR) is 66.9 cm³/mol. The summed E-state index contributed by atoms with van der Waals surface area (Å²) in [7, 11) is 0. The molecule has 0 bridgehead atoms. The Morgan fingerprint density at radius 1 is 1.30 bits per heavy atom. The fourth-order valence-electron chi connectivity index (χ4n) is 1.52. The lowest BCUT2D eigenvalue weighted by atomic mass is 10.2. The molecule has 0 spiro atoms. The first kappa shape index (κ1) is 15.9.